The van der Waals surface area contributed by atoms with E-state index in [1.807, 2.05) is 53.9 Å². The zero-order chi connectivity index (χ0) is 17.1. The second kappa shape index (κ2) is 7.38. The van der Waals surface area contributed by atoms with E-state index >= 15 is 0 Å². The molecule has 1 fully saturated rings. The van der Waals surface area contributed by atoms with Crippen LogP contribution in [-0.2, 0) is 0 Å². The van der Waals surface area contributed by atoms with Gasteiger partial charge in [-0.05, 0) is 56.3 Å². The first-order valence-electron chi connectivity index (χ1n) is 8.77. The summed E-state index contributed by atoms with van der Waals surface area (Å²) >= 11 is 1.61. The lowest BCUT2D eigenvalue weighted by molar-refractivity contribution is 0.104. The highest BCUT2D eigenvalue weighted by Gasteiger charge is 2.14. The maximum Gasteiger partial charge on any atom is 0.194 e. The lowest BCUT2D eigenvalue weighted by atomic mass is 10.0. The van der Waals surface area contributed by atoms with Crippen LogP contribution in [-0.4, -0.2) is 36.9 Å². The van der Waals surface area contributed by atoms with E-state index in [2.05, 4.69) is 4.90 Å². The first-order valence-corrected chi connectivity index (χ1v) is 9.65. The molecule has 4 heteroatoms. The summed E-state index contributed by atoms with van der Waals surface area (Å²) in [6.07, 6.45) is 2.60. The van der Waals surface area contributed by atoms with Crippen molar-refractivity contribution in [1.29, 1.82) is 0 Å². The molecule has 128 valence electrons. The molecule has 2 heterocycles. The second-order valence-corrected chi connectivity index (χ2v) is 7.31. The molecule has 2 aromatic carbocycles. The third-order valence-electron chi connectivity index (χ3n) is 4.72. The molecule has 25 heavy (non-hydrogen) atoms. The van der Waals surface area contributed by atoms with Crippen LogP contribution in [0.3, 0.4) is 0 Å². The van der Waals surface area contributed by atoms with Gasteiger partial charge in [0.2, 0.25) is 0 Å². The van der Waals surface area contributed by atoms with Crippen LogP contribution in [0.1, 0.15) is 28.8 Å². The number of nitrogens with zero attached hydrogens (tertiary/aromatic N) is 1. The third-order valence-corrected chi connectivity index (χ3v) is 5.68. The molecule has 0 N–H and O–H groups in total. The Balaban J connectivity index is 1.41. The summed E-state index contributed by atoms with van der Waals surface area (Å²) in [5.41, 5.74) is 1.48. The molecule has 3 nitrogen and oxygen atoms in total. The predicted molar refractivity (Wildman–Crippen MR) is 103 cm³/mol. The number of likely N-dealkylation sites (tertiary alicyclic amines) is 1. The van der Waals surface area contributed by atoms with Crippen molar-refractivity contribution in [2.75, 3.05) is 26.2 Å². The number of rotatable bonds is 6. The number of ether oxygens (including phenoxy) is 1. The largest absolute Gasteiger partial charge is 0.492 e. The Morgan fingerprint density at radius 2 is 1.80 bits per heavy atom. The molecule has 4 rings (SSSR count). The molecule has 0 atom stereocenters. The number of hydrogen-bond donors (Lipinski definition) is 0. The van der Waals surface area contributed by atoms with E-state index in [9.17, 15) is 4.79 Å². The van der Waals surface area contributed by atoms with Crippen molar-refractivity contribution >= 4 is 27.2 Å². The van der Waals surface area contributed by atoms with Crippen molar-refractivity contribution in [3.63, 3.8) is 0 Å². The van der Waals surface area contributed by atoms with Gasteiger partial charge in [0.15, 0.2) is 5.78 Å². The molecular formula is C21H21NO2S. The summed E-state index contributed by atoms with van der Waals surface area (Å²) < 4.78 is 6.96. The smallest absolute Gasteiger partial charge is 0.194 e. The van der Waals surface area contributed by atoms with Gasteiger partial charge in [-0.1, -0.05) is 18.2 Å². The number of thiophene rings is 1. The molecule has 3 aromatic rings. The molecule has 1 saturated heterocycles. The topological polar surface area (TPSA) is 29.5 Å². The first kappa shape index (κ1) is 16.3. The van der Waals surface area contributed by atoms with E-state index in [1.54, 1.807) is 11.3 Å². The van der Waals surface area contributed by atoms with E-state index in [1.165, 1.54) is 25.9 Å². The molecule has 0 bridgehead atoms. The number of benzene rings is 2. The fraction of sp³-hybridized carbons (Fsp3) is 0.286. The average Bonchev–Trinajstić information content (AvgIpc) is 3.31. The van der Waals surface area contributed by atoms with Crippen molar-refractivity contribution < 1.29 is 9.53 Å². The Morgan fingerprint density at radius 1 is 1.04 bits per heavy atom. The van der Waals surface area contributed by atoms with Gasteiger partial charge in [0.25, 0.3) is 0 Å². The fourth-order valence-electron chi connectivity index (χ4n) is 3.31. The SMILES string of the molecule is O=C(c1ccc(OCCN2CCCC2)cc1)c1csc2ccccc12. The van der Waals surface area contributed by atoms with Crippen molar-refractivity contribution in [3.05, 3.63) is 65.0 Å². The highest BCUT2D eigenvalue weighted by atomic mass is 32.1. The van der Waals surface area contributed by atoms with Gasteiger partial charge < -0.3 is 4.74 Å². The highest BCUT2D eigenvalue weighted by Crippen LogP contribution is 2.28. The Morgan fingerprint density at radius 3 is 2.60 bits per heavy atom. The van der Waals surface area contributed by atoms with Crippen LogP contribution in [0.4, 0.5) is 0 Å². The Labute approximate surface area is 151 Å². The average molecular weight is 351 g/mol. The van der Waals surface area contributed by atoms with Gasteiger partial charge in [-0.3, -0.25) is 9.69 Å². The minimum atomic E-state index is 0.0704. The van der Waals surface area contributed by atoms with E-state index in [4.69, 9.17) is 4.74 Å². The predicted octanol–water partition coefficient (Wildman–Crippen LogP) is 4.61. The Kier molecular flexibility index (Phi) is 4.81. The minimum absolute atomic E-state index is 0.0704. The molecule has 0 unspecified atom stereocenters. The van der Waals surface area contributed by atoms with Crippen molar-refractivity contribution in [3.8, 4) is 5.75 Å². The van der Waals surface area contributed by atoms with E-state index in [0.717, 1.165) is 27.9 Å². The normalized spacial score (nSPS) is 14.9. The zero-order valence-corrected chi connectivity index (χ0v) is 14.9. The maximum atomic E-state index is 12.8. The molecule has 1 aromatic heterocycles. The van der Waals surface area contributed by atoms with E-state index < -0.39 is 0 Å². The quantitative estimate of drug-likeness (QED) is 0.608. The molecule has 0 spiro atoms. The second-order valence-electron chi connectivity index (χ2n) is 6.40. The molecule has 1 aliphatic heterocycles. The van der Waals surface area contributed by atoms with E-state index in [-0.39, 0.29) is 5.78 Å². The summed E-state index contributed by atoms with van der Waals surface area (Å²) in [4.78, 5) is 15.2. The lowest BCUT2D eigenvalue weighted by Crippen LogP contribution is -2.25. The monoisotopic (exact) mass is 351 g/mol. The molecule has 0 aliphatic carbocycles. The van der Waals surface area contributed by atoms with Gasteiger partial charge in [-0.25, -0.2) is 0 Å². The van der Waals surface area contributed by atoms with Gasteiger partial charge in [-0.15, -0.1) is 11.3 Å². The van der Waals surface area contributed by atoms with Crippen molar-refractivity contribution in [2.24, 2.45) is 0 Å². The zero-order valence-electron chi connectivity index (χ0n) is 14.1. The Bertz CT molecular complexity index is 863. The number of ketones is 1. The van der Waals surface area contributed by atoms with Crippen molar-refractivity contribution in [1.82, 2.24) is 4.90 Å². The summed E-state index contributed by atoms with van der Waals surface area (Å²) in [5, 5.41) is 2.98. The van der Waals surface area contributed by atoms with Gasteiger partial charge in [0.1, 0.15) is 12.4 Å². The number of fused-ring (bicyclic) bond motifs is 1. The number of carbonyl (C=O) groups is 1. The van der Waals surface area contributed by atoms with Crippen molar-refractivity contribution in [2.45, 2.75) is 12.8 Å². The van der Waals surface area contributed by atoms with Crippen LogP contribution in [0.5, 0.6) is 5.75 Å². The fourth-order valence-corrected chi connectivity index (χ4v) is 4.25. The van der Waals surface area contributed by atoms with Crippen LogP contribution in [0.25, 0.3) is 10.1 Å². The third kappa shape index (κ3) is 3.60. The number of carbonyl (C=O) groups excluding carboxylic acids is 1. The first-order chi connectivity index (χ1) is 12.3. The molecular weight excluding hydrogens is 330 g/mol. The van der Waals surface area contributed by atoms with Crippen LogP contribution >= 0.6 is 11.3 Å². The lowest BCUT2D eigenvalue weighted by Gasteiger charge is -2.14. The molecule has 0 saturated carbocycles. The van der Waals surface area contributed by atoms with Gasteiger partial charge in [0, 0.05) is 33.1 Å². The highest BCUT2D eigenvalue weighted by molar-refractivity contribution is 7.17. The summed E-state index contributed by atoms with van der Waals surface area (Å²) in [5.74, 6) is 0.895. The molecule has 0 radical (unpaired) electrons. The summed E-state index contributed by atoms with van der Waals surface area (Å²) in [6.45, 7) is 4.04. The van der Waals surface area contributed by atoms with Gasteiger partial charge in [-0.2, -0.15) is 0 Å². The Hall–Kier alpha value is -2.17. The molecule has 0 amide bonds. The van der Waals surface area contributed by atoms with Crippen LogP contribution in [0.15, 0.2) is 53.9 Å². The van der Waals surface area contributed by atoms with Gasteiger partial charge >= 0.3 is 0 Å². The van der Waals surface area contributed by atoms with Crippen LogP contribution < -0.4 is 4.74 Å². The summed E-state index contributed by atoms with van der Waals surface area (Å²) in [6, 6.07) is 15.5. The minimum Gasteiger partial charge on any atom is -0.492 e. The molecule has 1 aliphatic rings. The van der Waals surface area contributed by atoms with E-state index in [0.29, 0.717) is 12.2 Å². The van der Waals surface area contributed by atoms with Crippen LogP contribution in [0.2, 0.25) is 0 Å². The number of hydrogen-bond acceptors (Lipinski definition) is 4. The standard InChI is InChI=1S/C21H21NO2S/c23-21(19-15-25-20-6-2-1-5-18(19)20)16-7-9-17(10-8-16)24-14-13-22-11-3-4-12-22/h1-2,5-10,15H,3-4,11-14H2. The summed E-state index contributed by atoms with van der Waals surface area (Å²) in [7, 11) is 0. The maximum absolute atomic E-state index is 12.8. The van der Waals surface area contributed by atoms with Gasteiger partial charge in [0.05, 0.1) is 0 Å². The van der Waals surface area contributed by atoms with Crippen LogP contribution in [0, 0.1) is 0 Å².